The summed E-state index contributed by atoms with van der Waals surface area (Å²) in [6.45, 7) is 2.75. The SMILES string of the molecule is CCCCCC/C=C/CCCCCCCC(=O)O[C@H](COC(=O)CCCCCCCCCCCCC)COP(=O)(O)OC[C@H](N)C(=O)O. The number of ether oxygens (including phenoxy) is 2. The van der Waals surface area contributed by atoms with Gasteiger partial charge in [-0.25, -0.2) is 4.57 Å². The van der Waals surface area contributed by atoms with Crippen LogP contribution >= 0.6 is 7.82 Å². The van der Waals surface area contributed by atoms with Crippen molar-refractivity contribution in [3.63, 3.8) is 0 Å². The van der Waals surface area contributed by atoms with Gasteiger partial charge >= 0.3 is 25.7 Å². The molecule has 0 fully saturated rings. The van der Waals surface area contributed by atoms with E-state index in [2.05, 4.69) is 30.5 Å². The molecular weight excluding hydrogens is 637 g/mol. The number of esters is 2. The van der Waals surface area contributed by atoms with Crippen LogP contribution in [0.4, 0.5) is 0 Å². The average Bonchev–Trinajstić information content (AvgIpc) is 3.05. The van der Waals surface area contributed by atoms with E-state index < -0.39 is 51.1 Å². The quantitative estimate of drug-likeness (QED) is 0.0249. The second-order valence-electron chi connectivity index (χ2n) is 12.7. The van der Waals surface area contributed by atoms with Crippen molar-refractivity contribution in [2.75, 3.05) is 19.8 Å². The molecule has 0 amide bonds. The highest BCUT2D eigenvalue weighted by atomic mass is 31.2. The Bertz CT molecular complexity index is 885. The number of hydrogen-bond acceptors (Lipinski definition) is 9. The van der Waals surface area contributed by atoms with Crippen LogP contribution in [0.5, 0.6) is 0 Å². The Morgan fingerprint density at radius 1 is 0.625 bits per heavy atom. The smallest absolute Gasteiger partial charge is 0.472 e. The lowest BCUT2D eigenvalue weighted by molar-refractivity contribution is -0.161. The zero-order chi connectivity index (χ0) is 35.7. The van der Waals surface area contributed by atoms with Crippen LogP contribution in [-0.4, -0.2) is 59.9 Å². The van der Waals surface area contributed by atoms with Crippen molar-refractivity contribution >= 4 is 25.7 Å². The molecule has 0 rings (SSSR count). The number of unbranched alkanes of at least 4 members (excludes halogenated alkanes) is 19. The number of phosphoric ester groups is 1. The van der Waals surface area contributed by atoms with Crippen molar-refractivity contribution in [3.05, 3.63) is 12.2 Å². The summed E-state index contributed by atoms with van der Waals surface area (Å²) in [5, 5.41) is 8.84. The van der Waals surface area contributed by atoms with Crippen LogP contribution in [0.15, 0.2) is 12.2 Å². The summed E-state index contributed by atoms with van der Waals surface area (Å²) in [5.74, 6) is -2.39. The second kappa shape index (κ2) is 32.4. The molecular formula is C36H68NO10P. The van der Waals surface area contributed by atoms with Gasteiger partial charge in [-0.15, -0.1) is 0 Å². The number of allylic oxidation sites excluding steroid dienone is 2. The van der Waals surface area contributed by atoms with Crippen LogP contribution in [0.2, 0.25) is 0 Å². The zero-order valence-electron chi connectivity index (χ0n) is 30.1. The first-order chi connectivity index (χ1) is 23.1. The van der Waals surface area contributed by atoms with Crippen molar-refractivity contribution < 1.29 is 47.5 Å². The van der Waals surface area contributed by atoms with E-state index in [1.165, 1.54) is 70.6 Å². The predicted molar refractivity (Wildman–Crippen MR) is 189 cm³/mol. The topological polar surface area (TPSA) is 172 Å². The lowest BCUT2D eigenvalue weighted by Gasteiger charge is -2.20. The van der Waals surface area contributed by atoms with Gasteiger partial charge in [0, 0.05) is 12.8 Å². The molecule has 0 bridgehead atoms. The third-order valence-electron chi connectivity index (χ3n) is 8.01. The molecule has 0 saturated heterocycles. The molecule has 0 aliphatic heterocycles. The van der Waals surface area contributed by atoms with Crippen molar-refractivity contribution in [1.82, 2.24) is 0 Å². The Hall–Kier alpha value is -1.78. The van der Waals surface area contributed by atoms with Crippen molar-refractivity contribution in [2.45, 2.75) is 180 Å². The van der Waals surface area contributed by atoms with Gasteiger partial charge in [0.05, 0.1) is 13.2 Å². The zero-order valence-corrected chi connectivity index (χ0v) is 31.0. The van der Waals surface area contributed by atoms with Gasteiger partial charge in [0.1, 0.15) is 12.6 Å². The van der Waals surface area contributed by atoms with E-state index >= 15 is 0 Å². The van der Waals surface area contributed by atoms with E-state index in [0.717, 1.165) is 57.8 Å². The van der Waals surface area contributed by atoms with Gasteiger partial charge in [0.2, 0.25) is 0 Å². The van der Waals surface area contributed by atoms with Gasteiger partial charge in [0.15, 0.2) is 6.10 Å². The Balaban J connectivity index is 4.46. The van der Waals surface area contributed by atoms with Crippen LogP contribution in [0.1, 0.15) is 168 Å². The van der Waals surface area contributed by atoms with E-state index in [-0.39, 0.29) is 19.4 Å². The summed E-state index contributed by atoms with van der Waals surface area (Å²) in [4.78, 5) is 45.6. The maximum atomic E-state index is 12.5. The van der Waals surface area contributed by atoms with Gasteiger partial charge in [-0.3, -0.25) is 23.4 Å². The van der Waals surface area contributed by atoms with Crippen LogP contribution < -0.4 is 5.73 Å². The summed E-state index contributed by atoms with van der Waals surface area (Å²) in [6, 6.07) is -1.52. The van der Waals surface area contributed by atoms with Crippen LogP contribution in [-0.2, 0) is 37.5 Å². The molecule has 48 heavy (non-hydrogen) atoms. The first-order valence-electron chi connectivity index (χ1n) is 18.7. The normalized spacial score (nSPS) is 14.1. The molecule has 0 aromatic carbocycles. The predicted octanol–water partition coefficient (Wildman–Crippen LogP) is 8.95. The maximum absolute atomic E-state index is 12.5. The molecule has 0 aliphatic rings. The second-order valence-corrected chi connectivity index (χ2v) is 14.2. The molecule has 11 nitrogen and oxygen atoms in total. The first kappa shape index (κ1) is 46.2. The standard InChI is InChI=1S/C36H68NO10P/c1-3-5-7-9-11-13-15-16-18-20-22-24-26-28-35(39)47-32(30-45-48(42,43)46-31-33(37)36(40)41)29-44-34(38)27-25-23-21-19-17-14-12-10-8-6-4-2/h13,15,32-33H,3-12,14,16-31,37H2,1-2H3,(H,40,41)(H,42,43)/b15-13+/t32-,33+/m1/s1. The lowest BCUT2D eigenvalue weighted by Crippen LogP contribution is -2.34. The minimum atomic E-state index is -4.70. The van der Waals surface area contributed by atoms with Gasteiger partial charge in [-0.1, -0.05) is 129 Å². The molecule has 3 atom stereocenters. The minimum Gasteiger partial charge on any atom is -0.480 e. The largest absolute Gasteiger partial charge is 0.480 e. The molecule has 0 heterocycles. The number of carbonyl (C=O) groups excluding carboxylic acids is 2. The number of aliphatic carboxylic acids is 1. The van der Waals surface area contributed by atoms with Crippen LogP contribution in [0, 0.1) is 0 Å². The van der Waals surface area contributed by atoms with Gasteiger partial charge in [-0.2, -0.15) is 0 Å². The van der Waals surface area contributed by atoms with Gasteiger partial charge in [0.25, 0.3) is 0 Å². The third kappa shape index (κ3) is 31.5. The van der Waals surface area contributed by atoms with Crippen molar-refractivity contribution in [3.8, 4) is 0 Å². The van der Waals surface area contributed by atoms with E-state index in [9.17, 15) is 23.8 Å². The van der Waals surface area contributed by atoms with E-state index in [1.807, 2.05) is 0 Å². The molecule has 0 aromatic rings. The highest BCUT2D eigenvalue weighted by molar-refractivity contribution is 7.47. The van der Waals surface area contributed by atoms with Crippen molar-refractivity contribution in [1.29, 1.82) is 0 Å². The van der Waals surface area contributed by atoms with E-state index in [1.54, 1.807) is 0 Å². The molecule has 0 saturated carbocycles. The lowest BCUT2D eigenvalue weighted by atomic mass is 10.1. The molecule has 4 N–H and O–H groups in total. The molecule has 0 aromatic heterocycles. The third-order valence-corrected chi connectivity index (χ3v) is 8.96. The summed E-state index contributed by atoms with van der Waals surface area (Å²) >= 11 is 0. The summed E-state index contributed by atoms with van der Waals surface area (Å²) < 4.78 is 32.5. The molecule has 0 aliphatic carbocycles. The fourth-order valence-electron chi connectivity index (χ4n) is 5.00. The maximum Gasteiger partial charge on any atom is 0.472 e. The van der Waals surface area contributed by atoms with Gasteiger partial charge in [-0.05, 0) is 38.5 Å². The number of carboxylic acids is 1. The number of rotatable bonds is 35. The van der Waals surface area contributed by atoms with E-state index in [0.29, 0.717) is 12.8 Å². The molecule has 0 radical (unpaired) electrons. The Morgan fingerprint density at radius 2 is 1.04 bits per heavy atom. The highest BCUT2D eigenvalue weighted by Gasteiger charge is 2.28. The van der Waals surface area contributed by atoms with Crippen molar-refractivity contribution in [2.24, 2.45) is 5.73 Å². The number of phosphoric acid groups is 1. The first-order valence-corrected chi connectivity index (χ1v) is 20.2. The fraction of sp³-hybridized carbons (Fsp3) is 0.861. The Kier molecular flexibility index (Phi) is 31.2. The molecule has 0 spiro atoms. The van der Waals surface area contributed by atoms with Gasteiger partial charge < -0.3 is 25.2 Å². The summed E-state index contributed by atoms with van der Waals surface area (Å²) in [5.41, 5.74) is 5.31. The number of hydrogen-bond donors (Lipinski definition) is 3. The molecule has 12 heteroatoms. The summed E-state index contributed by atoms with van der Waals surface area (Å²) in [7, 11) is -4.70. The summed E-state index contributed by atoms with van der Waals surface area (Å²) in [6.07, 6.45) is 28.5. The van der Waals surface area contributed by atoms with Crippen LogP contribution in [0.25, 0.3) is 0 Å². The monoisotopic (exact) mass is 705 g/mol. The highest BCUT2D eigenvalue weighted by Crippen LogP contribution is 2.43. The fourth-order valence-corrected chi connectivity index (χ4v) is 5.78. The van der Waals surface area contributed by atoms with E-state index in [4.69, 9.17) is 24.8 Å². The number of nitrogens with two attached hydrogens (primary N) is 1. The van der Waals surface area contributed by atoms with Crippen LogP contribution in [0.3, 0.4) is 0 Å². The Morgan fingerprint density at radius 3 is 1.54 bits per heavy atom. The number of carboxylic acid groups (broad SMARTS) is 1. The minimum absolute atomic E-state index is 0.154. The average molecular weight is 706 g/mol. The Labute approximate surface area is 290 Å². The number of carbonyl (C=O) groups is 3. The molecule has 282 valence electrons. The molecule has 1 unspecified atom stereocenters.